The molecule has 1 aliphatic heterocycles. The number of thioether (sulfide) groups is 1. The van der Waals surface area contributed by atoms with E-state index < -0.39 is 29.7 Å². The van der Waals surface area contributed by atoms with E-state index in [0.717, 1.165) is 24.4 Å². The zero-order valence-corrected chi connectivity index (χ0v) is 19.9. The molecule has 0 saturated heterocycles. The highest BCUT2D eigenvalue weighted by atomic mass is 32.2. The predicted molar refractivity (Wildman–Crippen MR) is 128 cm³/mol. The minimum Gasteiger partial charge on any atom is -0.468 e. The van der Waals surface area contributed by atoms with Gasteiger partial charge in [-0.2, -0.15) is 5.26 Å². The second-order valence-corrected chi connectivity index (χ2v) is 8.47. The molecular weight excluding hydrogens is 470 g/mol. The SMILES string of the molecule is COC(=O)c1ccc([C@@H]2C(C#N)=C(SCC(=O)NCc3ccccc3)NC(=O)[C@H]2C(=O)OC)cc1. The number of hydrogen-bond acceptors (Lipinski definition) is 8. The summed E-state index contributed by atoms with van der Waals surface area (Å²) in [6.45, 7) is 0.344. The third-order valence-electron chi connectivity index (χ3n) is 5.35. The maximum absolute atomic E-state index is 12.9. The number of hydrogen-bond donors (Lipinski definition) is 2. The van der Waals surface area contributed by atoms with Crippen molar-refractivity contribution in [1.82, 2.24) is 10.6 Å². The fourth-order valence-corrected chi connectivity index (χ4v) is 4.49. The van der Waals surface area contributed by atoms with Crippen molar-refractivity contribution in [2.24, 2.45) is 5.92 Å². The van der Waals surface area contributed by atoms with E-state index in [1.807, 2.05) is 30.3 Å². The molecular formula is C25H23N3O6S. The highest BCUT2D eigenvalue weighted by Crippen LogP contribution is 2.40. The van der Waals surface area contributed by atoms with Gasteiger partial charge in [0.15, 0.2) is 0 Å². The van der Waals surface area contributed by atoms with Crippen LogP contribution in [0.15, 0.2) is 65.2 Å². The van der Waals surface area contributed by atoms with Gasteiger partial charge < -0.3 is 20.1 Å². The lowest BCUT2D eigenvalue weighted by Crippen LogP contribution is -2.44. The number of carbonyl (C=O) groups is 4. The van der Waals surface area contributed by atoms with Gasteiger partial charge in [0, 0.05) is 12.5 Å². The Labute approximate surface area is 206 Å². The van der Waals surface area contributed by atoms with E-state index in [1.165, 1.54) is 19.2 Å². The quantitative estimate of drug-likeness (QED) is 0.422. The molecule has 2 N–H and O–H groups in total. The number of methoxy groups -OCH3 is 2. The lowest BCUT2D eigenvalue weighted by atomic mass is 9.78. The molecule has 2 aromatic carbocycles. The van der Waals surface area contributed by atoms with E-state index in [9.17, 15) is 24.4 Å². The molecule has 0 aromatic heterocycles. The number of benzene rings is 2. The summed E-state index contributed by atoms with van der Waals surface area (Å²) < 4.78 is 9.51. The Hall–Kier alpha value is -4.10. The van der Waals surface area contributed by atoms with Crippen LogP contribution in [0.3, 0.4) is 0 Å². The summed E-state index contributed by atoms with van der Waals surface area (Å²) in [5.74, 6) is -4.60. The molecule has 2 aromatic rings. The first-order valence-electron chi connectivity index (χ1n) is 10.5. The number of nitrogens with zero attached hydrogens (tertiary/aromatic N) is 1. The molecule has 0 radical (unpaired) electrons. The van der Waals surface area contributed by atoms with Crippen LogP contribution in [-0.2, 0) is 30.4 Å². The van der Waals surface area contributed by atoms with Crippen molar-refractivity contribution >= 4 is 35.5 Å². The molecule has 0 spiro atoms. The smallest absolute Gasteiger partial charge is 0.337 e. The fraction of sp³-hybridized carbons (Fsp3) is 0.240. The predicted octanol–water partition coefficient (Wildman–Crippen LogP) is 2.26. The fourth-order valence-electron chi connectivity index (χ4n) is 3.61. The molecule has 0 saturated carbocycles. The molecule has 10 heteroatoms. The Kier molecular flexibility index (Phi) is 8.64. The maximum atomic E-state index is 12.9. The summed E-state index contributed by atoms with van der Waals surface area (Å²) in [6, 6.07) is 17.5. The summed E-state index contributed by atoms with van der Waals surface area (Å²) in [5, 5.41) is 15.5. The van der Waals surface area contributed by atoms with Crippen LogP contribution in [0.2, 0.25) is 0 Å². The van der Waals surface area contributed by atoms with E-state index in [2.05, 4.69) is 16.7 Å². The van der Waals surface area contributed by atoms with Crippen molar-refractivity contribution in [2.45, 2.75) is 12.5 Å². The number of rotatable bonds is 8. The Bertz CT molecular complexity index is 1190. The highest BCUT2D eigenvalue weighted by Gasteiger charge is 2.44. The van der Waals surface area contributed by atoms with Gasteiger partial charge in [0.1, 0.15) is 5.92 Å². The molecule has 2 amide bonds. The van der Waals surface area contributed by atoms with Gasteiger partial charge in [0.25, 0.3) is 0 Å². The lowest BCUT2D eigenvalue weighted by molar-refractivity contribution is -0.150. The summed E-state index contributed by atoms with van der Waals surface area (Å²) in [5.41, 5.74) is 1.79. The summed E-state index contributed by atoms with van der Waals surface area (Å²) in [7, 11) is 2.41. The van der Waals surface area contributed by atoms with Crippen LogP contribution >= 0.6 is 11.8 Å². The molecule has 9 nitrogen and oxygen atoms in total. The van der Waals surface area contributed by atoms with Crippen molar-refractivity contribution in [3.63, 3.8) is 0 Å². The van der Waals surface area contributed by atoms with E-state index in [-0.39, 0.29) is 27.8 Å². The molecule has 2 atom stereocenters. The van der Waals surface area contributed by atoms with Crippen molar-refractivity contribution in [2.75, 3.05) is 20.0 Å². The topological polar surface area (TPSA) is 135 Å². The Morgan fingerprint density at radius 3 is 2.34 bits per heavy atom. The van der Waals surface area contributed by atoms with Crippen LogP contribution in [0, 0.1) is 17.2 Å². The molecule has 0 unspecified atom stereocenters. The summed E-state index contributed by atoms with van der Waals surface area (Å²) in [4.78, 5) is 49.5. The van der Waals surface area contributed by atoms with Gasteiger partial charge in [-0.15, -0.1) is 0 Å². The van der Waals surface area contributed by atoms with Crippen LogP contribution in [0.1, 0.15) is 27.4 Å². The normalized spacial score (nSPS) is 17.1. The molecule has 1 heterocycles. The monoisotopic (exact) mass is 493 g/mol. The Morgan fingerprint density at radius 2 is 1.74 bits per heavy atom. The van der Waals surface area contributed by atoms with E-state index in [4.69, 9.17) is 9.47 Å². The van der Waals surface area contributed by atoms with Gasteiger partial charge in [0.05, 0.1) is 42.2 Å². The number of nitrogens with one attached hydrogen (secondary N) is 2. The zero-order valence-electron chi connectivity index (χ0n) is 19.1. The molecule has 0 aliphatic carbocycles. The second kappa shape index (κ2) is 11.9. The van der Waals surface area contributed by atoms with Crippen LogP contribution in [0.5, 0.6) is 0 Å². The molecule has 0 bridgehead atoms. The molecule has 3 rings (SSSR count). The van der Waals surface area contributed by atoms with Gasteiger partial charge >= 0.3 is 11.9 Å². The molecule has 1 aliphatic rings. The minimum absolute atomic E-state index is 0.0511. The highest BCUT2D eigenvalue weighted by molar-refractivity contribution is 8.03. The van der Waals surface area contributed by atoms with E-state index in [0.29, 0.717) is 12.1 Å². The van der Waals surface area contributed by atoms with Gasteiger partial charge in [-0.05, 0) is 23.3 Å². The Balaban J connectivity index is 1.85. The number of esters is 2. The van der Waals surface area contributed by atoms with Crippen molar-refractivity contribution in [3.8, 4) is 6.07 Å². The van der Waals surface area contributed by atoms with Crippen molar-refractivity contribution in [3.05, 3.63) is 81.9 Å². The largest absolute Gasteiger partial charge is 0.468 e. The van der Waals surface area contributed by atoms with Crippen LogP contribution < -0.4 is 10.6 Å². The molecule has 0 fully saturated rings. The van der Waals surface area contributed by atoms with Gasteiger partial charge in [0.2, 0.25) is 11.8 Å². The van der Waals surface area contributed by atoms with Crippen LogP contribution in [0.25, 0.3) is 0 Å². The minimum atomic E-state index is -1.31. The number of ether oxygens (including phenoxy) is 2. The van der Waals surface area contributed by atoms with Crippen LogP contribution in [-0.4, -0.2) is 43.7 Å². The van der Waals surface area contributed by atoms with E-state index >= 15 is 0 Å². The first kappa shape index (κ1) is 25.5. The van der Waals surface area contributed by atoms with Crippen molar-refractivity contribution < 1.29 is 28.7 Å². The average Bonchev–Trinajstić information content (AvgIpc) is 2.90. The summed E-state index contributed by atoms with van der Waals surface area (Å²) >= 11 is 0.995. The summed E-state index contributed by atoms with van der Waals surface area (Å²) in [6.07, 6.45) is 0. The number of nitriles is 1. The number of amides is 2. The zero-order chi connectivity index (χ0) is 25.4. The first-order chi connectivity index (χ1) is 16.9. The molecule has 180 valence electrons. The standard InChI is InChI=1S/C25H23N3O6S/c1-33-24(31)17-10-8-16(9-11-17)20-18(12-26)23(28-22(30)21(20)25(32)34-2)35-14-19(29)27-13-15-6-4-3-5-7-15/h3-11,20-21H,13-14H2,1-2H3,(H,27,29)(H,28,30)/t20-,21+/m1/s1. The number of allylic oxidation sites excluding steroid dienone is 1. The molecule has 35 heavy (non-hydrogen) atoms. The third kappa shape index (κ3) is 6.07. The second-order valence-electron chi connectivity index (χ2n) is 7.49. The Morgan fingerprint density at radius 1 is 1.06 bits per heavy atom. The van der Waals surface area contributed by atoms with Gasteiger partial charge in [-0.1, -0.05) is 54.2 Å². The maximum Gasteiger partial charge on any atom is 0.337 e. The van der Waals surface area contributed by atoms with Crippen LogP contribution in [0.4, 0.5) is 0 Å². The average molecular weight is 494 g/mol. The lowest BCUT2D eigenvalue weighted by Gasteiger charge is -2.31. The van der Waals surface area contributed by atoms with Gasteiger partial charge in [-0.3, -0.25) is 14.4 Å². The first-order valence-corrected chi connectivity index (χ1v) is 11.5. The van der Waals surface area contributed by atoms with E-state index in [1.54, 1.807) is 12.1 Å². The third-order valence-corrected chi connectivity index (χ3v) is 6.37. The number of carbonyl (C=O) groups excluding carboxylic acids is 4. The van der Waals surface area contributed by atoms with Crippen molar-refractivity contribution in [1.29, 1.82) is 5.26 Å². The van der Waals surface area contributed by atoms with Gasteiger partial charge in [-0.25, -0.2) is 4.79 Å².